The number of nitrogens with zero attached hydrogens (tertiary/aromatic N) is 2. The van der Waals surface area contributed by atoms with Gasteiger partial charge in [-0.15, -0.1) is 0 Å². The highest BCUT2D eigenvalue weighted by Crippen LogP contribution is 2.16. The molecule has 1 amide bonds. The molecule has 1 aromatic rings. The second kappa shape index (κ2) is 6.19. The zero-order valence-electron chi connectivity index (χ0n) is 10.9. The number of nitrogens with one attached hydrogen (secondary N) is 1. The molecule has 0 bridgehead atoms. The van der Waals surface area contributed by atoms with E-state index in [-0.39, 0.29) is 11.8 Å². The summed E-state index contributed by atoms with van der Waals surface area (Å²) in [6.07, 6.45) is 0. The molecular formula is C12H18N4O2. The fraction of sp³-hybridized carbons (Fsp3) is 0.500. The van der Waals surface area contributed by atoms with Crippen LogP contribution in [0.25, 0.3) is 0 Å². The van der Waals surface area contributed by atoms with E-state index in [1.165, 1.54) is 0 Å². The van der Waals surface area contributed by atoms with Crippen LogP contribution in [0.15, 0.2) is 10.5 Å². The van der Waals surface area contributed by atoms with E-state index in [9.17, 15) is 4.79 Å². The molecule has 0 saturated heterocycles. The summed E-state index contributed by atoms with van der Waals surface area (Å²) in [6.45, 7) is 4.77. The average molecular weight is 250 g/mol. The topological polar surface area (TPSA) is 95.3 Å². The predicted molar refractivity (Wildman–Crippen MR) is 66.2 cm³/mol. The summed E-state index contributed by atoms with van der Waals surface area (Å²) in [6, 6.07) is 3.84. The van der Waals surface area contributed by atoms with Gasteiger partial charge in [0.05, 0.1) is 24.1 Å². The molecule has 1 unspecified atom stereocenters. The molecule has 0 fully saturated rings. The fourth-order valence-electron chi connectivity index (χ4n) is 1.76. The normalized spacial score (nSPS) is 12.2. The van der Waals surface area contributed by atoms with Crippen LogP contribution in [0.4, 0.5) is 0 Å². The van der Waals surface area contributed by atoms with E-state index in [4.69, 9.17) is 15.5 Å². The Morgan fingerprint density at radius 2 is 2.39 bits per heavy atom. The molecule has 0 radical (unpaired) electrons. The Bertz CT molecular complexity index is 461. The van der Waals surface area contributed by atoms with Gasteiger partial charge in [-0.3, -0.25) is 15.1 Å². The highest BCUT2D eigenvalue weighted by atomic mass is 16.3. The van der Waals surface area contributed by atoms with E-state index in [2.05, 4.69) is 11.5 Å². The number of nitriles is 1. The number of carbonyl (C=O) groups is 1. The average Bonchev–Trinajstić information content (AvgIpc) is 2.68. The number of nitrogens with two attached hydrogens (primary N) is 1. The largest absolute Gasteiger partial charge is 0.464 e. The Kier molecular flexibility index (Phi) is 4.89. The van der Waals surface area contributed by atoms with Gasteiger partial charge in [0.15, 0.2) is 0 Å². The summed E-state index contributed by atoms with van der Waals surface area (Å²) in [5.74, 6) is 5.89. The molecule has 18 heavy (non-hydrogen) atoms. The summed E-state index contributed by atoms with van der Waals surface area (Å²) in [5, 5.41) is 8.74. The molecular weight excluding hydrogens is 232 g/mol. The Morgan fingerprint density at radius 1 is 1.72 bits per heavy atom. The molecule has 0 aliphatic carbocycles. The molecule has 6 nitrogen and oxygen atoms in total. The molecule has 0 spiro atoms. The summed E-state index contributed by atoms with van der Waals surface area (Å²) < 4.78 is 5.48. The van der Waals surface area contributed by atoms with Gasteiger partial charge in [-0.2, -0.15) is 5.26 Å². The molecule has 0 aromatic carbocycles. The van der Waals surface area contributed by atoms with Crippen molar-refractivity contribution < 1.29 is 9.21 Å². The van der Waals surface area contributed by atoms with E-state index >= 15 is 0 Å². The Labute approximate surface area is 106 Å². The molecule has 1 heterocycles. The van der Waals surface area contributed by atoms with Crippen LogP contribution in [0, 0.1) is 24.2 Å². The highest BCUT2D eigenvalue weighted by Gasteiger charge is 2.15. The van der Waals surface area contributed by atoms with Crippen molar-refractivity contribution in [2.45, 2.75) is 20.4 Å². The smallest absolute Gasteiger partial charge is 0.268 e. The van der Waals surface area contributed by atoms with E-state index in [1.807, 2.05) is 18.9 Å². The van der Waals surface area contributed by atoms with E-state index in [1.54, 1.807) is 13.0 Å². The van der Waals surface area contributed by atoms with Crippen LogP contribution in [-0.2, 0) is 6.54 Å². The second-order valence-electron chi connectivity index (χ2n) is 4.38. The molecule has 98 valence electrons. The maximum Gasteiger partial charge on any atom is 0.268 e. The number of hydrogen-bond donors (Lipinski definition) is 2. The number of nitrogen functional groups attached to an aromatic ring is 1. The summed E-state index contributed by atoms with van der Waals surface area (Å²) in [4.78, 5) is 13.4. The zero-order chi connectivity index (χ0) is 13.7. The van der Waals surface area contributed by atoms with Gasteiger partial charge in [0.25, 0.3) is 5.91 Å². The van der Waals surface area contributed by atoms with Crippen LogP contribution < -0.4 is 11.3 Å². The maximum atomic E-state index is 11.4. The Balaban J connectivity index is 2.69. The number of amides is 1. The molecule has 0 aliphatic rings. The molecule has 1 atom stereocenters. The molecule has 3 N–H and O–H groups in total. The van der Waals surface area contributed by atoms with Gasteiger partial charge < -0.3 is 4.42 Å². The van der Waals surface area contributed by atoms with Crippen molar-refractivity contribution in [2.24, 2.45) is 11.8 Å². The second-order valence-corrected chi connectivity index (χ2v) is 4.38. The van der Waals surface area contributed by atoms with Gasteiger partial charge in [0.2, 0.25) is 0 Å². The van der Waals surface area contributed by atoms with Gasteiger partial charge in [0.1, 0.15) is 11.5 Å². The quantitative estimate of drug-likeness (QED) is 0.457. The van der Waals surface area contributed by atoms with Crippen LogP contribution in [-0.4, -0.2) is 24.4 Å². The minimum atomic E-state index is -0.365. The lowest BCUT2D eigenvalue weighted by Gasteiger charge is -2.15. The van der Waals surface area contributed by atoms with Crippen molar-refractivity contribution in [3.05, 3.63) is 23.2 Å². The minimum absolute atomic E-state index is 0.0436. The summed E-state index contributed by atoms with van der Waals surface area (Å²) in [5.41, 5.74) is 2.51. The monoisotopic (exact) mass is 250 g/mol. The van der Waals surface area contributed by atoms with E-state index in [0.717, 1.165) is 0 Å². The lowest BCUT2D eigenvalue weighted by atomic mass is 10.2. The standard InChI is InChI=1S/C12H18N4O2/c1-8(5-13)6-16(3)7-10-4-11(9(2)18-10)12(17)15-14/h4,8H,6-7,14H2,1-3H3,(H,15,17). The first kappa shape index (κ1) is 14.2. The summed E-state index contributed by atoms with van der Waals surface area (Å²) in [7, 11) is 1.90. The van der Waals surface area contributed by atoms with Crippen LogP contribution in [0.5, 0.6) is 0 Å². The van der Waals surface area contributed by atoms with Crippen LogP contribution in [0.1, 0.15) is 28.8 Å². The van der Waals surface area contributed by atoms with Gasteiger partial charge in [-0.05, 0) is 27.0 Å². The van der Waals surface area contributed by atoms with E-state index < -0.39 is 0 Å². The molecule has 0 aliphatic heterocycles. The van der Waals surface area contributed by atoms with Gasteiger partial charge in [0, 0.05) is 6.54 Å². The number of carbonyl (C=O) groups excluding carboxylic acids is 1. The molecule has 6 heteroatoms. The van der Waals surface area contributed by atoms with Crippen LogP contribution in [0.3, 0.4) is 0 Å². The van der Waals surface area contributed by atoms with Crippen molar-refractivity contribution >= 4 is 5.91 Å². The molecule has 1 rings (SSSR count). The van der Waals surface area contributed by atoms with E-state index in [0.29, 0.717) is 30.2 Å². The SMILES string of the molecule is Cc1oc(CN(C)CC(C)C#N)cc1C(=O)NN. The Morgan fingerprint density at radius 3 is 2.94 bits per heavy atom. The Hall–Kier alpha value is -1.84. The fourth-order valence-corrected chi connectivity index (χ4v) is 1.76. The number of rotatable bonds is 5. The van der Waals surface area contributed by atoms with Gasteiger partial charge in [-0.25, -0.2) is 5.84 Å². The maximum absolute atomic E-state index is 11.4. The number of aryl methyl sites for hydroxylation is 1. The van der Waals surface area contributed by atoms with Crippen molar-refractivity contribution in [3.8, 4) is 6.07 Å². The van der Waals surface area contributed by atoms with Gasteiger partial charge in [-0.1, -0.05) is 0 Å². The number of hydrazine groups is 1. The molecule has 1 aromatic heterocycles. The van der Waals surface area contributed by atoms with Crippen molar-refractivity contribution in [1.29, 1.82) is 5.26 Å². The number of furan rings is 1. The third-order valence-corrected chi connectivity index (χ3v) is 2.58. The van der Waals surface area contributed by atoms with Crippen LogP contribution in [0.2, 0.25) is 0 Å². The minimum Gasteiger partial charge on any atom is -0.464 e. The first-order chi connectivity index (χ1) is 8.47. The predicted octanol–water partition coefficient (Wildman–Crippen LogP) is 0.783. The number of hydrogen-bond acceptors (Lipinski definition) is 5. The first-order valence-electron chi connectivity index (χ1n) is 5.66. The van der Waals surface area contributed by atoms with Crippen molar-refractivity contribution in [1.82, 2.24) is 10.3 Å². The van der Waals surface area contributed by atoms with Crippen molar-refractivity contribution in [2.75, 3.05) is 13.6 Å². The zero-order valence-corrected chi connectivity index (χ0v) is 10.9. The first-order valence-corrected chi connectivity index (χ1v) is 5.66. The van der Waals surface area contributed by atoms with Crippen LogP contribution >= 0.6 is 0 Å². The lowest BCUT2D eigenvalue weighted by molar-refractivity contribution is 0.0952. The third-order valence-electron chi connectivity index (χ3n) is 2.58. The highest BCUT2D eigenvalue weighted by molar-refractivity contribution is 5.94. The third kappa shape index (κ3) is 3.58. The van der Waals surface area contributed by atoms with Gasteiger partial charge >= 0.3 is 0 Å². The summed E-state index contributed by atoms with van der Waals surface area (Å²) >= 11 is 0. The molecule has 0 saturated carbocycles. The lowest BCUT2D eigenvalue weighted by Crippen LogP contribution is -2.30. The van der Waals surface area contributed by atoms with Crippen molar-refractivity contribution in [3.63, 3.8) is 0 Å².